The Morgan fingerprint density at radius 1 is 1.20 bits per heavy atom. The molecule has 2 heterocycles. The van der Waals surface area contributed by atoms with E-state index >= 15 is 0 Å². The van der Waals surface area contributed by atoms with Gasteiger partial charge >= 0.3 is 0 Å². The number of amides is 1. The molecule has 3 aromatic rings. The fourth-order valence-corrected chi connectivity index (χ4v) is 3.53. The summed E-state index contributed by atoms with van der Waals surface area (Å²) in [5, 5.41) is 21.4. The second-order valence-corrected chi connectivity index (χ2v) is 7.61. The van der Waals surface area contributed by atoms with Crippen molar-refractivity contribution in [2.45, 2.75) is 38.1 Å². The Kier molecular flexibility index (Phi) is 4.92. The number of ether oxygens (including phenoxy) is 1. The third-order valence-electron chi connectivity index (χ3n) is 5.46. The van der Waals surface area contributed by atoms with Gasteiger partial charge in [0.25, 0.3) is 5.91 Å². The fourth-order valence-electron chi connectivity index (χ4n) is 3.53. The molecule has 0 unspecified atom stereocenters. The van der Waals surface area contributed by atoms with Crippen molar-refractivity contribution in [1.29, 1.82) is 0 Å². The summed E-state index contributed by atoms with van der Waals surface area (Å²) in [6.45, 7) is 0.0723. The number of fused-ring (bicyclic) bond motifs is 1. The van der Waals surface area contributed by atoms with Crippen molar-refractivity contribution in [2.24, 2.45) is 0 Å². The maximum atomic E-state index is 11.9. The molecule has 0 aliphatic heterocycles. The number of nitrogens with one attached hydrogen (secondary N) is 4. The van der Waals surface area contributed by atoms with Crippen LogP contribution < -0.4 is 10.6 Å². The highest BCUT2D eigenvalue weighted by molar-refractivity contribution is 5.82. The van der Waals surface area contributed by atoms with Gasteiger partial charge in [0.1, 0.15) is 0 Å². The lowest BCUT2D eigenvalue weighted by molar-refractivity contribution is -0.125. The standard InChI is InChI=1S/C21H23N7O2/c29-19(23-15-2-1-3-15)12-30-17-7-4-13(5-8-17)20-25-21(28-27-20)24-16-6-9-18-14(10-16)11-22-26-18/h4,6-7,9-11,15H,1-3,5,8,12H2,(H,22,26)(H,23,29)(H2,24,25,27,28). The van der Waals surface area contributed by atoms with Crippen LogP contribution in [-0.4, -0.2) is 43.9 Å². The molecule has 9 heteroatoms. The van der Waals surface area contributed by atoms with Crippen molar-refractivity contribution in [1.82, 2.24) is 30.7 Å². The number of rotatable bonds is 7. The monoisotopic (exact) mass is 405 g/mol. The summed E-state index contributed by atoms with van der Waals surface area (Å²) in [7, 11) is 0. The van der Waals surface area contributed by atoms with E-state index in [9.17, 15) is 4.79 Å². The number of nitrogens with zero attached hydrogens (tertiary/aromatic N) is 3. The normalized spacial score (nSPS) is 16.5. The number of aromatic amines is 2. The smallest absolute Gasteiger partial charge is 0.258 e. The van der Waals surface area contributed by atoms with Crippen LogP contribution in [-0.2, 0) is 9.53 Å². The molecule has 0 saturated heterocycles. The van der Waals surface area contributed by atoms with Crippen LogP contribution in [0.2, 0.25) is 0 Å². The van der Waals surface area contributed by atoms with Crippen LogP contribution >= 0.6 is 0 Å². The number of anilines is 2. The van der Waals surface area contributed by atoms with E-state index < -0.39 is 0 Å². The predicted octanol–water partition coefficient (Wildman–Crippen LogP) is 3.17. The predicted molar refractivity (Wildman–Crippen MR) is 113 cm³/mol. The Balaban J connectivity index is 1.18. The van der Waals surface area contributed by atoms with Crippen LogP contribution in [0.15, 0.2) is 42.3 Å². The number of allylic oxidation sites excluding steroid dienone is 4. The minimum absolute atomic E-state index is 0.0464. The third kappa shape index (κ3) is 4.05. The fraction of sp³-hybridized carbons (Fsp3) is 0.333. The molecule has 0 radical (unpaired) electrons. The van der Waals surface area contributed by atoms with Gasteiger partial charge in [0, 0.05) is 23.5 Å². The van der Waals surface area contributed by atoms with E-state index in [0.29, 0.717) is 12.0 Å². The van der Waals surface area contributed by atoms with E-state index in [4.69, 9.17) is 4.74 Å². The molecular weight excluding hydrogens is 382 g/mol. The Bertz CT molecular complexity index is 1120. The molecule has 4 N–H and O–H groups in total. The second-order valence-electron chi connectivity index (χ2n) is 7.61. The van der Waals surface area contributed by atoms with Gasteiger partial charge < -0.3 is 15.4 Å². The van der Waals surface area contributed by atoms with Gasteiger partial charge in [-0.15, -0.1) is 5.10 Å². The lowest BCUT2D eigenvalue weighted by Crippen LogP contribution is -2.41. The Hall–Kier alpha value is -3.62. The van der Waals surface area contributed by atoms with Gasteiger partial charge in [0.15, 0.2) is 12.4 Å². The topological polar surface area (TPSA) is 121 Å². The van der Waals surface area contributed by atoms with Gasteiger partial charge in [-0.2, -0.15) is 10.1 Å². The van der Waals surface area contributed by atoms with Gasteiger partial charge in [-0.05, 0) is 55.5 Å². The van der Waals surface area contributed by atoms with Crippen molar-refractivity contribution >= 4 is 34.0 Å². The molecule has 9 nitrogen and oxygen atoms in total. The van der Waals surface area contributed by atoms with Crippen molar-refractivity contribution in [3.63, 3.8) is 0 Å². The van der Waals surface area contributed by atoms with E-state index in [1.165, 1.54) is 6.42 Å². The highest BCUT2D eigenvalue weighted by Gasteiger charge is 2.20. The Morgan fingerprint density at radius 3 is 2.93 bits per heavy atom. The molecule has 154 valence electrons. The minimum atomic E-state index is -0.0464. The first kappa shape index (κ1) is 18.4. The highest BCUT2D eigenvalue weighted by Crippen LogP contribution is 2.26. The van der Waals surface area contributed by atoms with Gasteiger partial charge in [0.2, 0.25) is 5.95 Å². The molecule has 1 amide bonds. The first-order chi connectivity index (χ1) is 14.7. The number of H-pyrrole nitrogens is 2. The second kappa shape index (κ2) is 8.02. The van der Waals surface area contributed by atoms with Crippen LogP contribution in [0.4, 0.5) is 11.6 Å². The number of benzene rings is 1. The number of hydrogen-bond acceptors (Lipinski definition) is 6. The van der Waals surface area contributed by atoms with Crippen LogP contribution in [0.25, 0.3) is 16.5 Å². The molecule has 0 spiro atoms. The first-order valence-electron chi connectivity index (χ1n) is 10.2. The van der Waals surface area contributed by atoms with Crippen LogP contribution in [0.5, 0.6) is 0 Å². The Labute approximate surface area is 173 Å². The number of aromatic nitrogens is 5. The zero-order valence-corrected chi connectivity index (χ0v) is 16.4. The third-order valence-corrected chi connectivity index (χ3v) is 5.46. The number of carbonyl (C=O) groups excluding carboxylic acids is 1. The minimum Gasteiger partial charge on any atom is -0.488 e. The summed E-state index contributed by atoms with van der Waals surface area (Å²) in [6, 6.07) is 6.23. The van der Waals surface area contributed by atoms with Crippen molar-refractivity contribution in [3.8, 4) is 0 Å². The summed E-state index contributed by atoms with van der Waals surface area (Å²) >= 11 is 0. The summed E-state index contributed by atoms with van der Waals surface area (Å²) in [5.74, 6) is 2.00. The first-order valence-corrected chi connectivity index (χ1v) is 10.2. The molecule has 0 atom stereocenters. The van der Waals surface area contributed by atoms with E-state index in [1.54, 1.807) is 6.20 Å². The zero-order valence-electron chi connectivity index (χ0n) is 16.4. The molecule has 1 fully saturated rings. The van der Waals surface area contributed by atoms with E-state index in [1.807, 2.05) is 30.4 Å². The molecule has 0 bridgehead atoms. The van der Waals surface area contributed by atoms with E-state index in [2.05, 4.69) is 36.0 Å². The molecule has 1 saturated carbocycles. The summed E-state index contributed by atoms with van der Waals surface area (Å²) in [6.07, 6.45) is 10.5. The molecule has 5 rings (SSSR count). The molecule has 1 aromatic carbocycles. The van der Waals surface area contributed by atoms with E-state index in [-0.39, 0.29) is 12.5 Å². The van der Waals surface area contributed by atoms with Crippen molar-refractivity contribution in [2.75, 3.05) is 11.9 Å². The lowest BCUT2D eigenvalue weighted by Gasteiger charge is -2.26. The average molecular weight is 405 g/mol. The van der Waals surface area contributed by atoms with E-state index in [0.717, 1.165) is 59.4 Å². The maximum Gasteiger partial charge on any atom is 0.258 e. The van der Waals surface area contributed by atoms with Crippen LogP contribution in [0.1, 0.15) is 37.9 Å². The SMILES string of the molecule is O=C(COC1=CC=C(c2nc(Nc3ccc4[nH]ncc4c3)n[nH]2)CC1)NC1CCC1. The van der Waals surface area contributed by atoms with Crippen LogP contribution in [0.3, 0.4) is 0 Å². The van der Waals surface area contributed by atoms with Gasteiger partial charge in [-0.1, -0.05) is 6.08 Å². The summed E-state index contributed by atoms with van der Waals surface area (Å²) < 4.78 is 5.65. The van der Waals surface area contributed by atoms with Crippen molar-refractivity contribution < 1.29 is 9.53 Å². The number of hydrogen-bond donors (Lipinski definition) is 4. The highest BCUT2D eigenvalue weighted by atomic mass is 16.5. The largest absolute Gasteiger partial charge is 0.488 e. The van der Waals surface area contributed by atoms with Gasteiger partial charge in [0.05, 0.1) is 17.5 Å². The molecule has 30 heavy (non-hydrogen) atoms. The van der Waals surface area contributed by atoms with Crippen LogP contribution in [0, 0.1) is 0 Å². The van der Waals surface area contributed by atoms with Gasteiger partial charge in [-0.3, -0.25) is 15.0 Å². The number of carbonyl (C=O) groups is 1. The quantitative estimate of drug-likeness (QED) is 0.479. The maximum absolute atomic E-state index is 11.9. The summed E-state index contributed by atoms with van der Waals surface area (Å²) in [4.78, 5) is 16.4. The molecule has 2 aliphatic rings. The molecule has 2 aliphatic carbocycles. The molecular formula is C21H23N7O2. The summed E-state index contributed by atoms with van der Waals surface area (Å²) in [5.41, 5.74) is 2.92. The van der Waals surface area contributed by atoms with Crippen molar-refractivity contribution in [3.05, 3.63) is 48.1 Å². The van der Waals surface area contributed by atoms with Gasteiger partial charge in [-0.25, -0.2) is 0 Å². The zero-order chi connectivity index (χ0) is 20.3. The molecule has 2 aromatic heterocycles. The lowest BCUT2D eigenvalue weighted by atomic mass is 9.93. The Morgan fingerprint density at radius 2 is 2.13 bits per heavy atom. The average Bonchev–Trinajstić information content (AvgIpc) is 3.39.